The molecule has 0 aromatic rings. The maximum absolute atomic E-state index is 15.7. The fraction of sp³-hybridized carbons (Fsp3) is 0.820. The predicted octanol–water partition coefficient (Wildman–Crippen LogP) is 7.28. The van der Waals surface area contributed by atoms with Crippen LogP contribution in [0.3, 0.4) is 0 Å². The molecule has 17 nitrogen and oxygen atoms in total. The first kappa shape index (κ1) is 61.2. The van der Waals surface area contributed by atoms with Crippen LogP contribution < -0.4 is 0 Å². The van der Waals surface area contributed by atoms with Gasteiger partial charge in [0.05, 0.1) is 48.8 Å². The summed E-state index contributed by atoms with van der Waals surface area (Å²) in [6.07, 6.45) is -0.691. The summed E-state index contributed by atoms with van der Waals surface area (Å²) in [6.45, 7) is 23.2. The average molecular weight is 1100 g/mol. The van der Waals surface area contributed by atoms with Crippen LogP contribution in [-0.4, -0.2) is 154 Å². The zero-order valence-electron chi connectivity index (χ0n) is 48.6. The summed E-state index contributed by atoms with van der Waals surface area (Å²) in [5.41, 5.74) is -1.54. The van der Waals surface area contributed by atoms with Gasteiger partial charge in [0, 0.05) is 80.3 Å². The SMILES string of the molecule is CC/C1=C\[C@H](CO)C[C@@H](C)C(O[C@H]2C[C@H](O)[C@H](O[C@H]3C[C@H](OC)[C@@H](O[C@H]4C[C@H](O)[C@H](O)[C@@H](C)O4)[C@H](C)O3)[C@@H](C)O2)C(C)CCC[C@]2(C)C=C(C)[C@H](C)C[C@]23OC(=O)/C(=C(/O)[C@@]2(CC)[C@H]4[C@H](C=C(C)[C@@H]12)[C@@H](O)CC(=O)[C@@H]4C)C3=O. The Labute approximate surface area is 462 Å². The first-order valence-electron chi connectivity index (χ1n) is 29.4. The number of aliphatic hydroxyl groups is 6. The third-order valence-corrected chi connectivity index (χ3v) is 20.3. The van der Waals surface area contributed by atoms with Crippen molar-refractivity contribution in [2.75, 3.05) is 13.7 Å². The lowest BCUT2D eigenvalue weighted by atomic mass is 9.47. The van der Waals surface area contributed by atoms with Crippen molar-refractivity contribution in [2.24, 2.45) is 58.2 Å². The quantitative estimate of drug-likeness (QED) is 0.0715. The predicted molar refractivity (Wildman–Crippen MR) is 287 cm³/mol. The average Bonchev–Trinajstić information content (AvgIpc) is 3.88. The van der Waals surface area contributed by atoms with Crippen molar-refractivity contribution in [1.82, 2.24) is 0 Å². The number of aliphatic hydroxyl groups excluding tert-OH is 6. The number of Topliss-reactive ketones (excluding diaryl/α,β-unsaturated/α-hetero) is 2. The number of fused-ring (bicyclic) bond motifs is 4. The van der Waals surface area contributed by atoms with Gasteiger partial charge < -0.3 is 68.5 Å². The largest absolute Gasteiger partial charge is 0.511 e. The highest BCUT2D eigenvalue weighted by atomic mass is 16.7. The molecule has 17 heteroatoms. The minimum Gasteiger partial charge on any atom is -0.511 e. The topological polar surface area (TPSA) is 246 Å². The Morgan fingerprint density at radius 2 is 1.36 bits per heavy atom. The van der Waals surface area contributed by atoms with E-state index in [0.717, 1.165) is 16.7 Å². The van der Waals surface area contributed by atoms with E-state index >= 15 is 4.79 Å². The molecule has 78 heavy (non-hydrogen) atoms. The van der Waals surface area contributed by atoms with Crippen molar-refractivity contribution in [2.45, 2.75) is 245 Å². The van der Waals surface area contributed by atoms with Crippen molar-refractivity contribution < 1.29 is 82.9 Å². The number of carbonyl (C=O) groups is 3. The zero-order valence-corrected chi connectivity index (χ0v) is 48.6. The third kappa shape index (κ3) is 11.1. The van der Waals surface area contributed by atoms with Crippen LogP contribution in [0.1, 0.15) is 154 Å². The van der Waals surface area contributed by atoms with Gasteiger partial charge in [-0.2, -0.15) is 0 Å². The summed E-state index contributed by atoms with van der Waals surface area (Å²) >= 11 is 0. The summed E-state index contributed by atoms with van der Waals surface area (Å²) in [5, 5.41) is 68.8. The fourth-order valence-corrected chi connectivity index (χ4v) is 16.0. The van der Waals surface area contributed by atoms with Gasteiger partial charge in [-0.3, -0.25) is 9.59 Å². The van der Waals surface area contributed by atoms with Gasteiger partial charge in [-0.1, -0.05) is 89.8 Å². The van der Waals surface area contributed by atoms with Crippen LogP contribution in [0, 0.1) is 58.2 Å². The fourth-order valence-electron chi connectivity index (χ4n) is 16.0. The summed E-state index contributed by atoms with van der Waals surface area (Å²) < 4.78 is 51.0. The number of ketones is 2. The van der Waals surface area contributed by atoms with Crippen LogP contribution >= 0.6 is 0 Å². The molecule has 6 N–H and O–H groups in total. The molecule has 5 fully saturated rings. The number of ether oxygens (including phenoxy) is 8. The third-order valence-electron chi connectivity index (χ3n) is 20.3. The summed E-state index contributed by atoms with van der Waals surface area (Å²) in [4.78, 5) is 44.3. The molecule has 2 bridgehead atoms. The number of esters is 1. The smallest absolute Gasteiger partial charge is 0.346 e. The Hall–Kier alpha value is -2.91. The number of methoxy groups -OCH3 is 1. The highest BCUT2D eigenvalue weighted by Crippen LogP contribution is 2.64. The normalized spacial score (nSPS) is 49.5. The Balaban J connectivity index is 1.09. The summed E-state index contributed by atoms with van der Waals surface area (Å²) in [6, 6.07) is 0. The molecule has 4 aliphatic heterocycles. The lowest BCUT2D eigenvalue weighted by Gasteiger charge is -2.56. The van der Waals surface area contributed by atoms with Crippen LogP contribution in [0.5, 0.6) is 0 Å². The van der Waals surface area contributed by atoms with Crippen LogP contribution in [0.4, 0.5) is 0 Å². The number of hydrogen-bond acceptors (Lipinski definition) is 17. The van der Waals surface area contributed by atoms with Gasteiger partial charge in [-0.25, -0.2) is 4.79 Å². The molecule has 8 aliphatic rings. The van der Waals surface area contributed by atoms with Crippen LogP contribution in [0.25, 0.3) is 0 Å². The highest BCUT2D eigenvalue weighted by molar-refractivity contribution is 6.26. The van der Waals surface area contributed by atoms with E-state index in [1.165, 1.54) is 0 Å². The van der Waals surface area contributed by atoms with Crippen molar-refractivity contribution in [3.63, 3.8) is 0 Å². The minimum atomic E-state index is -1.62. The van der Waals surface area contributed by atoms with E-state index in [0.29, 0.717) is 32.1 Å². The van der Waals surface area contributed by atoms with Crippen LogP contribution in [0.2, 0.25) is 0 Å². The molecule has 2 unspecified atom stereocenters. The first-order valence-corrected chi connectivity index (χ1v) is 29.4. The van der Waals surface area contributed by atoms with Gasteiger partial charge in [-0.15, -0.1) is 0 Å². The summed E-state index contributed by atoms with van der Waals surface area (Å²) in [7, 11) is 1.57. The second-order valence-corrected chi connectivity index (χ2v) is 25.4. The van der Waals surface area contributed by atoms with Gasteiger partial charge in [0.25, 0.3) is 0 Å². The van der Waals surface area contributed by atoms with E-state index < -0.39 is 144 Å². The molecule has 440 valence electrons. The van der Waals surface area contributed by atoms with Gasteiger partial charge in [0.2, 0.25) is 5.78 Å². The molecule has 4 saturated heterocycles. The van der Waals surface area contributed by atoms with Crippen molar-refractivity contribution in [3.05, 3.63) is 46.3 Å². The van der Waals surface area contributed by atoms with E-state index in [2.05, 4.69) is 26.0 Å². The van der Waals surface area contributed by atoms with Crippen LogP contribution in [-0.2, 0) is 52.3 Å². The zero-order chi connectivity index (χ0) is 57.1. The molecule has 4 heterocycles. The number of carbonyl (C=O) groups excluding carboxylic acids is 3. The molecular formula is C61H94O17. The van der Waals surface area contributed by atoms with Gasteiger partial charge in [0.1, 0.15) is 35.4 Å². The van der Waals surface area contributed by atoms with Crippen molar-refractivity contribution >= 4 is 17.5 Å². The molecular weight excluding hydrogens is 1000 g/mol. The number of hydrogen-bond donors (Lipinski definition) is 6. The Morgan fingerprint density at radius 1 is 0.744 bits per heavy atom. The lowest BCUT2D eigenvalue weighted by molar-refractivity contribution is -0.338. The molecule has 25 atom stereocenters. The van der Waals surface area contributed by atoms with Crippen molar-refractivity contribution in [1.29, 1.82) is 0 Å². The minimum absolute atomic E-state index is 0.0414. The van der Waals surface area contributed by atoms with E-state index in [9.17, 15) is 40.2 Å². The monoisotopic (exact) mass is 1100 g/mol. The molecule has 0 aromatic heterocycles. The Bertz CT molecular complexity index is 2290. The summed E-state index contributed by atoms with van der Waals surface area (Å²) in [5.74, 6) is -5.19. The maximum Gasteiger partial charge on any atom is 0.346 e. The van der Waals surface area contributed by atoms with E-state index in [1.54, 1.807) is 14.0 Å². The first-order chi connectivity index (χ1) is 36.8. The maximum atomic E-state index is 15.7. The van der Waals surface area contributed by atoms with Gasteiger partial charge >= 0.3 is 5.97 Å². The standard InChI is InChI=1S/C61H94O17/c1-14-39-21-38(28-62)19-31(5)53(75-47-24-44(66)54(36(10)73-47)76-48-25-45(71-13)55(37(11)74-48)77-46-23-43(65)52(67)35(9)72-46)29(3)17-16-18-59(12)26-32(6)33(7)27-61(59)57(69)49(58(70)78-61)56(68)60(15-2)50(39)30(4)20-40-42(64)22-41(63)34(8)51(40)60/h20-21,26,29,31,33-38,40,42-48,50-55,62,64-68H,14-19,22-25,27-28H2,1-13H3/b39-21+,56-49+/t29?,31-,33-,34+,35-,36-,37+,38-,40-,42+,43+,44+,45+,46+,47+,48+,50+,51-,52-,53?,54-,55+,59-,60-,61-/m1/s1. The number of allylic oxidation sites excluding steroid dienone is 4. The molecule has 0 aromatic carbocycles. The number of rotatable bonds is 10. The van der Waals surface area contributed by atoms with E-state index in [-0.39, 0.29) is 80.0 Å². The Morgan fingerprint density at radius 3 is 1.97 bits per heavy atom. The van der Waals surface area contributed by atoms with E-state index in [1.807, 2.05) is 68.4 Å². The van der Waals surface area contributed by atoms with Gasteiger partial charge in [-0.05, 0) is 90.4 Å². The lowest BCUT2D eigenvalue weighted by Crippen LogP contribution is -2.57. The highest BCUT2D eigenvalue weighted by Gasteiger charge is 2.67. The Kier molecular flexibility index (Phi) is 18.9. The van der Waals surface area contributed by atoms with Crippen LogP contribution in [0.15, 0.2) is 46.3 Å². The molecule has 1 spiro atoms. The molecule has 0 amide bonds. The molecule has 1 saturated carbocycles. The molecule has 0 radical (unpaired) electrons. The van der Waals surface area contributed by atoms with Crippen molar-refractivity contribution in [3.8, 4) is 0 Å². The molecule has 8 rings (SSSR count). The second-order valence-electron chi connectivity index (χ2n) is 25.4. The van der Waals surface area contributed by atoms with E-state index in [4.69, 9.17) is 37.9 Å². The molecule has 4 aliphatic carbocycles. The van der Waals surface area contributed by atoms with Gasteiger partial charge in [0.15, 0.2) is 24.5 Å². The second kappa shape index (κ2) is 24.1.